The second kappa shape index (κ2) is 8.24. The van der Waals surface area contributed by atoms with E-state index in [4.69, 9.17) is 16.6 Å². The van der Waals surface area contributed by atoms with Crippen molar-refractivity contribution >= 4 is 45.4 Å². The van der Waals surface area contributed by atoms with Gasteiger partial charge in [-0.3, -0.25) is 24.0 Å². The Hall–Kier alpha value is -3.44. The number of non-ortho nitro benzene ring substituents is 1. The lowest BCUT2D eigenvalue weighted by molar-refractivity contribution is -0.384. The molecule has 0 bridgehead atoms. The topological polar surface area (TPSA) is 112 Å². The van der Waals surface area contributed by atoms with E-state index < -0.39 is 22.1 Å². The van der Waals surface area contributed by atoms with Gasteiger partial charge in [-0.15, -0.1) is 11.8 Å². The molecule has 164 valence electrons. The zero-order valence-corrected chi connectivity index (χ0v) is 19.0. The number of nitrogens with zero attached hydrogens (tertiary/aromatic N) is 3. The number of thiocarbonyl (C=S) groups is 1. The predicted octanol–water partition coefficient (Wildman–Crippen LogP) is 3.24. The monoisotopic (exact) mass is 470 g/mol. The van der Waals surface area contributed by atoms with E-state index in [9.17, 15) is 19.7 Å². The summed E-state index contributed by atoms with van der Waals surface area (Å²) in [7, 11) is 2.98. The van der Waals surface area contributed by atoms with Crippen LogP contribution in [0.4, 0.5) is 11.5 Å². The lowest BCUT2D eigenvalue weighted by Gasteiger charge is -2.32. The number of nitro benzene ring substituents is 1. The molecule has 0 amide bonds. The van der Waals surface area contributed by atoms with Gasteiger partial charge in [0.2, 0.25) is 0 Å². The molecule has 4 rings (SSSR count). The van der Waals surface area contributed by atoms with Crippen LogP contribution in [0.5, 0.6) is 0 Å². The normalized spacial score (nSPS) is 15.3. The SMILES string of the molecule is CSC(=S)C1=C(c2ccco2)Nc2c(c(=O)n(C)c(=O)n2C)C1c1ccc([N+](=O)[O-])cc1. The third-order valence-corrected chi connectivity index (χ3v) is 6.71. The Morgan fingerprint density at radius 1 is 1.19 bits per heavy atom. The maximum atomic E-state index is 13.3. The van der Waals surface area contributed by atoms with Gasteiger partial charge < -0.3 is 9.73 Å². The summed E-state index contributed by atoms with van der Waals surface area (Å²) in [4.78, 5) is 36.6. The van der Waals surface area contributed by atoms with Gasteiger partial charge in [0.05, 0.1) is 26.6 Å². The van der Waals surface area contributed by atoms with Crippen LogP contribution in [0.2, 0.25) is 0 Å². The molecule has 1 aliphatic rings. The van der Waals surface area contributed by atoms with Crippen molar-refractivity contribution in [1.29, 1.82) is 0 Å². The van der Waals surface area contributed by atoms with E-state index in [0.29, 0.717) is 38.2 Å². The molecule has 0 aliphatic carbocycles. The second-order valence-electron chi connectivity index (χ2n) is 7.13. The van der Waals surface area contributed by atoms with E-state index in [1.807, 2.05) is 6.26 Å². The fraction of sp³-hybridized carbons (Fsp3) is 0.190. The maximum Gasteiger partial charge on any atom is 0.332 e. The summed E-state index contributed by atoms with van der Waals surface area (Å²) in [5.41, 5.74) is 1.08. The van der Waals surface area contributed by atoms with E-state index in [0.717, 1.165) is 4.57 Å². The van der Waals surface area contributed by atoms with E-state index in [1.54, 1.807) is 31.3 Å². The number of hydrogen-bond donors (Lipinski definition) is 1. The molecule has 0 saturated carbocycles. The van der Waals surface area contributed by atoms with E-state index in [1.165, 1.54) is 41.8 Å². The first-order valence-corrected chi connectivity index (χ1v) is 11.1. The Morgan fingerprint density at radius 3 is 2.44 bits per heavy atom. The number of benzene rings is 1. The van der Waals surface area contributed by atoms with Crippen molar-refractivity contribution in [2.45, 2.75) is 5.92 Å². The molecule has 1 unspecified atom stereocenters. The Bertz CT molecular complexity index is 1390. The number of fused-ring (bicyclic) bond motifs is 1. The zero-order valence-electron chi connectivity index (χ0n) is 17.3. The molecule has 0 fully saturated rings. The summed E-state index contributed by atoms with van der Waals surface area (Å²) in [5, 5.41) is 14.4. The highest BCUT2D eigenvalue weighted by atomic mass is 32.2. The van der Waals surface area contributed by atoms with Crippen LogP contribution < -0.4 is 16.6 Å². The van der Waals surface area contributed by atoms with Crippen LogP contribution in [0.3, 0.4) is 0 Å². The Balaban J connectivity index is 2.11. The standard InChI is InChI=1S/C21H18N4O5S2/c1-23-18-16(19(26)24(2)21(23)27)14(11-6-8-12(9-7-11)25(28)29)15(20(31)32-3)17(22-18)13-5-4-10-30-13/h4-10,14,22H,1-3H3. The number of furan rings is 1. The molecule has 1 atom stereocenters. The molecule has 0 radical (unpaired) electrons. The third kappa shape index (κ3) is 3.39. The molecular formula is C21H18N4O5S2. The maximum absolute atomic E-state index is 13.3. The van der Waals surface area contributed by atoms with Crippen LogP contribution >= 0.6 is 24.0 Å². The van der Waals surface area contributed by atoms with Gasteiger partial charge in [-0.25, -0.2) is 4.79 Å². The summed E-state index contributed by atoms with van der Waals surface area (Å²) < 4.78 is 8.54. The lowest BCUT2D eigenvalue weighted by Crippen LogP contribution is -2.43. The van der Waals surface area contributed by atoms with Crippen LogP contribution in [0, 0.1) is 10.1 Å². The molecule has 11 heteroatoms. The smallest absolute Gasteiger partial charge is 0.332 e. The molecule has 9 nitrogen and oxygen atoms in total. The number of rotatable bonds is 4. The second-order valence-corrected chi connectivity index (χ2v) is 8.62. The van der Waals surface area contributed by atoms with Gasteiger partial charge in [0, 0.05) is 37.7 Å². The molecule has 32 heavy (non-hydrogen) atoms. The summed E-state index contributed by atoms with van der Waals surface area (Å²) in [6.45, 7) is 0. The van der Waals surface area contributed by atoms with Crippen LogP contribution in [-0.2, 0) is 14.1 Å². The minimum Gasteiger partial charge on any atom is -0.463 e. The molecule has 0 saturated heterocycles. The molecule has 1 aliphatic heterocycles. The van der Waals surface area contributed by atoms with E-state index >= 15 is 0 Å². The van der Waals surface area contributed by atoms with Crippen LogP contribution in [0.25, 0.3) is 5.70 Å². The van der Waals surface area contributed by atoms with Gasteiger partial charge in [0.1, 0.15) is 11.6 Å². The van der Waals surface area contributed by atoms with Crippen LogP contribution in [0.15, 0.2) is 62.2 Å². The lowest BCUT2D eigenvalue weighted by atomic mass is 9.82. The fourth-order valence-corrected chi connectivity index (χ4v) is 4.48. The Kier molecular flexibility index (Phi) is 5.61. The van der Waals surface area contributed by atoms with Crippen LogP contribution in [-0.4, -0.2) is 24.5 Å². The van der Waals surface area contributed by atoms with Crippen molar-refractivity contribution < 1.29 is 9.34 Å². The Labute approximate surface area is 191 Å². The molecule has 1 aromatic carbocycles. The zero-order chi connectivity index (χ0) is 23.2. The summed E-state index contributed by atoms with van der Waals surface area (Å²) in [6.07, 6.45) is 3.35. The highest BCUT2D eigenvalue weighted by Gasteiger charge is 2.37. The van der Waals surface area contributed by atoms with Crippen LogP contribution in [0.1, 0.15) is 22.8 Å². The molecule has 1 N–H and O–H groups in total. The summed E-state index contributed by atoms with van der Waals surface area (Å²) in [6, 6.07) is 9.45. The van der Waals surface area contributed by atoms with Gasteiger partial charge in [-0.2, -0.15) is 0 Å². The average molecular weight is 471 g/mol. The molecule has 3 aromatic rings. The highest BCUT2D eigenvalue weighted by molar-refractivity contribution is 8.23. The van der Waals surface area contributed by atoms with Crippen molar-refractivity contribution in [2.75, 3.05) is 11.6 Å². The molecular weight excluding hydrogens is 452 g/mol. The number of hydrogen-bond acceptors (Lipinski definition) is 8. The first kappa shape index (κ1) is 21.8. The Morgan fingerprint density at radius 2 is 1.88 bits per heavy atom. The van der Waals surface area contributed by atoms with E-state index in [2.05, 4.69) is 5.32 Å². The fourth-order valence-electron chi connectivity index (χ4n) is 3.82. The summed E-state index contributed by atoms with van der Waals surface area (Å²) >= 11 is 7.01. The van der Waals surface area contributed by atoms with Gasteiger partial charge >= 0.3 is 5.69 Å². The first-order chi connectivity index (χ1) is 15.3. The number of nitro groups is 1. The van der Waals surface area contributed by atoms with Crippen molar-refractivity contribution in [1.82, 2.24) is 9.13 Å². The third-order valence-electron chi connectivity index (χ3n) is 5.40. The number of thioether (sulfide) groups is 1. The van der Waals surface area contributed by atoms with Crippen molar-refractivity contribution in [2.24, 2.45) is 14.1 Å². The van der Waals surface area contributed by atoms with Gasteiger partial charge in [-0.05, 0) is 24.0 Å². The minimum absolute atomic E-state index is 0.0690. The highest BCUT2D eigenvalue weighted by Crippen LogP contribution is 2.44. The molecule has 3 heterocycles. The number of anilines is 1. The first-order valence-electron chi connectivity index (χ1n) is 9.43. The van der Waals surface area contributed by atoms with Gasteiger partial charge in [0.25, 0.3) is 11.2 Å². The van der Waals surface area contributed by atoms with Crippen molar-refractivity contribution in [3.8, 4) is 0 Å². The minimum atomic E-state index is -0.669. The summed E-state index contributed by atoms with van der Waals surface area (Å²) in [5.74, 6) is 0.139. The largest absolute Gasteiger partial charge is 0.463 e. The number of aromatic nitrogens is 2. The van der Waals surface area contributed by atoms with Gasteiger partial charge in [0.15, 0.2) is 0 Å². The quantitative estimate of drug-likeness (QED) is 0.351. The van der Waals surface area contributed by atoms with E-state index in [-0.39, 0.29) is 5.69 Å². The molecule has 2 aromatic heterocycles. The number of nitrogens with one attached hydrogen (secondary N) is 1. The van der Waals surface area contributed by atoms with Crippen molar-refractivity contribution in [3.63, 3.8) is 0 Å². The van der Waals surface area contributed by atoms with Gasteiger partial charge in [-0.1, -0.05) is 24.4 Å². The molecule has 0 spiro atoms. The van der Waals surface area contributed by atoms with Crippen molar-refractivity contribution in [3.05, 3.63) is 96.1 Å². The predicted molar refractivity (Wildman–Crippen MR) is 127 cm³/mol. The average Bonchev–Trinajstić information content (AvgIpc) is 3.34.